The molecule has 2 aromatic carbocycles. The van der Waals surface area contributed by atoms with E-state index in [2.05, 4.69) is 11.0 Å². The zero-order valence-corrected chi connectivity index (χ0v) is 16.0. The first-order valence-electron chi connectivity index (χ1n) is 8.94. The molecule has 26 heavy (non-hydrogen) atoms. The maximum absolute atomic E-state index is 12.6. The van der Waals surface area contributed by atoms with Gasteiger partial charge in [0.1, 0.15) is 5.75 Å². The molecule has 0 amide bonds. The Hall–Kier alpha value is -1.89. The monoisotopic (exact) mass is 374 g/mol. The van der Waals surface area contributed by atoms with Crippen LogP contribution in [-0.4, -0.2) is 57.5 Å². The normalized spacial score (nSPS) is 16.5. The molecule has 1 heterocycles. The minimum Gasteiger partial charge on any atom is -0.496 e. The fourth-order valence-electron chi connectivity index (χ4n) is 3.30. The largest absolute Gasteiger partial charge is 0.496 e. The number of nitrogens with zero attached hydrogens (tertiary/aromatic N) is 2. The number of benzene rings is 2. The van der Waals surface area contributed by atoms with Crippen LogP contribution in [0.15, 0.2) is 54.6 Å². The molecule has 0 aliphatic carbocycles. The zero-order chi connectivity index (χ0) is 18.4. The average molecular weight is 375 g/mol. The molecule has 1 fully saturated rings. The molecule has 0 bridgehead atoms. The highest BCUT2D eigenvalue weighted by atomic mass is 32.2. The van der Waals surface area contributed by atoms with E-state index in [1.807, 2.05) is 48.5 Å². The Kier molecular flexibility index (Phi) is 6.29. The summed E-state index contributed by atoms with van der Waals surface area (Å²) >= 11 is 0. The highest BCUT2D eigenvalue weighted by Crippen LogP contribution is 2.19. The van der Waals surface area contributed by atoms with E-state index in [1.54, 1.807) is 11.4 Å². The van der Waals surface area contributed by atoms with E-state index in [4.69, 9.17) is 4.74 Å². The van der Waals surface area contributed by atoms with E-state index in [1.165, 1.54) is 5.56 Å². The molecule has 0 N–H and O–H groups in total. The average Bonchev–Trinajstić information content (AvgIpc) is 2.67. The smallest absolute Gasteiger partial charge is 0.218 e. The molecular formula is C20H26N2O3S. The summed E-state index contributed by atoms with van der Waals surface area (Å²) in [6, 6.07) is 17.4. The second-order valence-electron chi connectivity index (χ2n) is 6.54. The first-order chi connectivity index (χ1) is 12.6. The summed E-state index contributed by atoms with van der Waals surface area (Å²) in [6.07, 6.45) is 0.904. The Labute approximate surface area is 156 Å². The molecule has 0 atom stereocenters. The molecule has 5 nitrogen and oxygen atoms in total. The van der Waals surface area contributed by atoms with E-state index in [0.29, 0.717) is 13.1 Å². The van der Waals surface area contributed by atoms with Crippen LogP contribution in [0.3, 0.4) is 0 Å². The lowest BCUT2D eigenvalue weighted by molar-refractivity contribution is 0.189. The van der Waals surface area contributed by atoms with E-state index >= 15 is 0 Å². The summed E-state index contributed by atoms with van der Waals surface area (Å²) in [7, 11) is -1.56. The van der Waals surface area contributed by atoms with Crippen LogP contribution < -0.4 is 4.74 Å². The first kappa shape index (κ1) is 18.9. The van der Waals surface area contributed by atoms with Gasteiger partial charge in [-0.25, -0.2) is 8.42 Å². The van der Waals surface area contributed by atoms with Crippen molar-refractivity contribution in [3.8, 4) is 5.75 Å². The lowest BCUT2D eigenvalue weighted by atomic mass is 10.1. The number of sulfonamides is 1. The Morgan fingerprint density at radius 2 is 1.58 bits per heavy atom. The van der Waals surface area contributed by atoms with Crippen molar-refractivity contribution in [2.75, 3.05) is 39.8 Å². The van der Waals surface area contributed by atoms with Gasteiger partial charge in [0.15, 0.2) is 0 Å². The summed E-state index contributed by atoms with van der Waals surface area (Å²) in [4.78, 5) is 2.32. The molecular weight excluding hydrogens is 348 g/mol. The minimum absolute atomic E-state index is 0.0784. The first-order valence-corrected chi connectivity index (χ1v) is 10.6. The van der Waals surface area contributed by atoms with Crippen LogP contribution in [0.2, 0.25) is 0 Å². The van der Waals surface area contributed by atoms with Crippen molar-refractivity contribution >= 4 is 10.0 Å². The van der Waals surface area contributed by atoms with Gasteiger partial charge < -0.3 is 9.64 Å². The summed E-state index contributed by atoms with van der Waals surface area (Å²) in [5.74, 6) is 0.992. The molecule has 140 valence electrons. The molecule has 6 heteroatoms. The quantitative estimate of drug-likeness (QED) is 0.747. The van der Waals surface area contributed by atoms with Gasteiger partial charge in [-0.15, -0.1) is 0 Å². The van der Waals surface area contributed by atoms with Gasteiger partial charge in [-0.3, -0.25) is 0 Å². The predicted molar refractivity (Wildman–Crippen MR) is 104 cm³/mol. The van der Waals surface area contributed by atoms with Gasteiger partial charge in [0.2, 0.25) is 10.0 Å². The number of methoxy groups -OCH3 is 1. The van der Waals surface area contributed by atoms with Crippen molar-refractivity contribution in [2.45, 2.75) is 12.2 Å². The molecule has 0 aromatic heterocycles. The van der Waals surface area contributed by atoms with E-state index in [0.717, 1.165) is 37.4 Å². The standard InChI is InChI=1S/C20H26N2O3S/c1-25-20-10-6-5-9-19(20)11-12-21-13-15-22(16-14-21)26(23,24)17-18-7-3-2-4-8-18/h2-10H,11-17H2,1H3. The van der Waals surface area contributed by atoms with Crippen molar-refractivity contribution in [3.63, 3.8) is 0 Å². The van der Waals surface area contributed by atoms with E-state index < -0.39 is 10.0 Å². The lowest BCUT2D eigenvalue weighted by Gasteiger charge is -2.34. The maximum atomic E-state index is 12.6. The topological polar surface area (TPSA) is 49.9 Å². The van der Waals surface area contributed by atoms with E-state index in [-0.39, 0.29) is 5.75 Å². The molecule has 2 aromatic rings. The lowest BCUT2D eigenvalue weighted by Crippen LogP contribution is -2.49. The number of hydrogen-bond donors (Lipinski definition) is 0. The van der Waals surface area contributed by atoms with Gasteiger partial charge in [-0.05, 0) is 23.6 Å². The predicted octanol–water partition coefficient (Wildman–Crippen LogP) is 2.39. The van der Waals surface area contributed by atoms with E-state index in [9.17, 15) is 8.42 Å². The molecule has 0 spiro atoms. The van der Waals surface area contributed by atoms with Crippen molar-refractivity contribution in [1.29, 1.82) is 0 Å². The Morgan fingerprint density at radius 3 is 2.27 bits per heavy atom. The number of rotatable bonds is 7. The summed E-state index contributed by atoms with van der Waals surface area (Å²) in [6.45, 7) is 3.56. The third-order valence-corrected chi connectivity index (χ3v) is 6.66. The van der Waals surface area contributed by atoms with Crippen LogP contribution in [0.4, 0.5) is 0 Å². The SMILES string of the molecule is COc1ccccc1CCN1CCN(S(=O)(=O)Cc2ccccc2)CC1. The molecule has 0 unspecified atom stereocenters. The number of ether oxygens (including phenoxy) is 1. The molecule has 1 aliphatic heterocycles. The molecule has 0 radical (unpaired) electrons. The highest BCUT2D eigenvalue weighted by molar-refractivity contribution is 7.88. The van der Waals surface area contributed by atoms with Gasteiger partial charge in [-0.2, -0.15) is 4.31 Å². The van der Waals surface area contributed by atoms with Crippen molar-refractivity contribution in [3.05, 3.63) is 65.7 Å². The number of para-hydroxylation sites is 1. The second-order valence-corrected chi connectivity index (χ2v) is 8.51. The summed E-state index contributed by atoms with van der Waals surface area (Å²) in [5.41, 5.74) is 2.03. The highest BCUT2D eigenvalue weighted by Gasteiger charge is 2.26. The fourth-order valence-corrected chi connectivity index (χ4v) is 4.81. The minimum atomic E-state index is -3.25. The number of piperazine rings is 1. The van der Waals surface area contributed by atoms with Crippen LogP contribution in [0.1, 0.15) is 11.1 Å². The Bertz CT molecular complexity index is 801. The Morgan fingerprint density at radius 1 is 0.923 bits per heavy atom. The molecule has 3 rings (SSSR count). The fraction of sp³-hybridized carbons (Fsp3) is 0.400. The second kappa shape index (κ2) is 8.66. The van der Waals surface area contributed by atoms with Gasteiger partial charge in [-0.1, -0.05) is 48.5 Å². The zero-order valence-electron chi connectivity index (χ0n) is 15.2. The van der Waals surface area contributed by atoms with Gasteiger partial charge in [0.05, 0.1) is 12.9 Å². The number of hydrogen-bond acceptors (Lipinski definition) is 4. The van der Waals surface area contributed by atoms with Crippen molar-refractivity contribution in [1.82, 2.24) is 9.21 Å². The van der Waals surface area contributed by atoms with Crippen LogP contribution in [0, 0.1) is 0 Å². The summed E-state index contributed by atoms with van der Waals surface area (Å²) in [5, 5.41) is 0. The van der Waals surface area contributed by atoms with Crippen molar-refractivity contribution in [2.24, 2.45) is 0 Å². The van der Waals surface area contributed by atoms with Crippen LogP contribution >= 0.6 is 0 Å². The molecule has 1 saturated heterocycles. The molecule has 0 saturated carbocycles. The third-order valence-electron chi connectivity index (χ3n) is 4.81. The van der Waals surface area contributed by atoms with Crippen molar-refractivity contribution < 1.29 is 13.2 Å². The van der Waals surface area contributed by atoms with Gasteiger partial charge >= 0.3 is 0 Å². The van der Waals surface area contributed by atoms with Crippen LogP contribution in [-0.2, 0) is 22.2 Å². The van der Waals surface area contributed by atoms with Gasteiger partial charge in [0, 0.05) is 32.7 Å². The van der Waals surface area contributed by atoms with Crippen LogP contribution in [0.5, 0.6) is 5.75 Å². The third kappa shape index (κ3) is 4.84. The van der Waals surface area contributed by atoms with Crippen LogP contribution in [0.25, 0.3) is 0 Å². The Balaban J connectivity index is 1.51. The van der Waals surface area contributed by atoms with Gasteiger partial charge in [0.25, 0.3) is 0 Å². The molecule has 1 aliphatic rings. The summed E-state index contributed by atoms with van der Waals surface area (Å²) < 4.78 is 32.3. The maximum Gasteiger partial charge on any atom is 0.218 e.